The number of carbonyl (C=O) groups is 2. The van der Waals surface area contributed by atoms with Crippen molar-refractivity contribution in [3.63, 3.8) is 0 Å². The molecule has 0 atom stereocenters. The summed E-state index contributed by atoms with van der Waals surface area (Å²) in [5, 5.41) is 0. The molecule has 0 saturated heterocycles. The van der Waals surface area contributed by atoms with Crippen LogP contribution in [-0.4, -0.2) is 44.1 Å². The summed E-state index contributed by atoms with van der Waals surface area (Å²) in [6.07, 6.45) is 0.690. The van der Waals surface area contributed by atoms with E-state index in [4.69, 9.17) is 18.9 Å². The molecule has 35 heavy (non-hydrogen) atoms. The fraction of sp³-hybridized carbons (Fsp3) is 0.286. The third-order valence-electron chi connectivity index (χ3n) is 5.96. The summed E-state index contributed by atoms with van der Waals surface area (Å²) >= 11 is 0. The standard InChI is InChI=1S/C28H29NO6/c1-19-6-4-7-20(12-19)17-34-24-9-5-8-22(13-24)28(31)35-18-27(30)29-11-10-21-14-25(32-2)26(33-3)15-23(21)16-29/h4-9,12-15H,10-11,16-18H2,1-3H3. The first-order valence-corrected chi connectivity index (χ1v) is 11.4. The van der Waals surface area contributed by atoms with Crippen LogP contribution in [0.3, 0.4) is 0 Å². The van der Waals surface area contributed by atoms with Gasteiger partial charge >= 0.3 is 5.97 Å². The second-order valence-electron chi connectivity index (χ2n) is 8.42. The molecule has 1 aliphatic heterocycles. The number of benzene rings is 3. The van der Waals surface area contributed by atoms with Crippen LogP contribution in [-0.2, 0) is 29.1 Å². The highest BCUT2D eigenvalue weighted by Crippen LogP contribution is 2.33. The number of carbonyl (C=O) groups excluding carboxylic acids is 2. The summed E-state index contributed by atoms with van der Waals surface area (Å²) < 4.78 is 21.9. The Hall–Kier alpha value is -4.00. The summed E-state index contributed by atoms with van der Waals surface area (Å²) in [5.41, 5.74) is 4.64. The van der Waals surface area contributed by atoms with E-state index in [1.165, 1.54) is 0 Å². The number of rotatable bonds is 8. The van der Waals surface area contributed by atoms with Gasteiger partial charge in [0, 0.05) is 13.1 Å². The third kappa shape index (κ3) is 5.93. The molecule has 0 aromatic heterocycles. The summed E-state index contributed by atoms with van der Waals surface area (Å²) in [5.74, 6) is 1.04. The topological polar surface area (TPSA) is 74.3 Å². The van der Waals surface area contributed by atoms with Crippen LogP contribution >= 0.6 is 0 Å². The average molecular weight is 476 g/mol. The number of methoxy groups -OCH3 is 2. The number of fused-ring (bicyclic) bond motifs is 1. The van der Waals surface area contributed by atoms with Crippen molar-refractivity contribution in [1.29, 1.82) is 0 Å². The fourth-order valence-corrected chi connectivity index (χ4v) is 4.08. The number of ether oxygens (including phenoxy) is 4. The Bertz CT molecular complexity index is 1220. The van der Waals surface area contributed by atoms with E-state index in [0.29, 0.717) is 48.9 Å². The first-order chi connectivity index (χ1) is 17.0. The number of nitrogens with zero attached hydrogens (tertiary/aromatic N) is 1. The Kier molecular flexibility index (Phi) is 7.55. The smallest absolute Gasteiger partial charge is 0.338 e. The molecule has 1 aliphatic rings. The summed E-state index contributed by atoms with van der Waals surface area (Å²) in [6, 6.07) is 18.7. The number of hydrogen-bond donors (Lipinski definition) is 0. The first kappa shape index (κ1) is 24.1. The van der Waals surface area contributed by atoms with E-state index >= 15 is 0 Å². The highest BCUT2D eigenvalue weighted by molar-refractivity contribution is 5.91. The first-order valence-electron chi connectivity index (χ1n) is 11.4. The van der Waals surface area contributed by atoms with Crippen molar-refractivity contribution >= 4 is 11.9 Å². The fourth-order valence-electron chi connectivity index (χ4n) is 4.08. The molecule has 0 aliphatic carbocycles. The van der Waals surface area contributed by atoms with E-state index in [0.717, 1.165) is 22.3 Å². The summed E-state index contributed by atoms with van der Waals surface area (Å²) in [4.78, 5) is 27.0. The van der Waals surface area contributed by atoms with Crippen molar-refractivity contribution in [2.45, 2.75) is 26.5 Å². The van der Waals surface area contributed by atoms with E-state index in [1.54, 1.807) is 43.4 Å². The number of amides is 1. The molecule has 1 amide bonds. The van der Waals surface area contributed by atoms with Crippen molar-refractivity contribution in [3.8, 4) is 17.2 Å². The van der Waals surface area contributed by atoms with Gasteiger partial charge < -0.3 is 23.8 Å². The van der Waals surface area contributed by atoms with Gasteiger partial charge in [-0.2, -0.15) is 0 Å². The van der Waals surface area contributed by atoms with E-state index < -0.39 is 5.97 Å². The van der Waals surface area contributed by atoms with Crippen LogP contribution in [0.1, 0.15) is 32.6 Å². The lowest BCUT2D eigenvalue weighted by Crippen LogP contribution is -2.38. The van der Waals surface area contributed by atoms with Gasteiger partial charge in [-0.25, -0.2) is 4.79 Å². The highest BCUT2D eigenvalue weighted by atomic mass is 16.5. The van der Waals surface area contributed by atoms with E-state index in [2.05, 4.69) is 6.07 Å². The molecule has 0 saturated carbocycles. The quantitative estimate of drug-likeness (QED) is 0.452. The zero-order valence-corrected chi connectivity index (χ0v) is 20.2. The monoisotopic (exact) mass is 475 g/mol. The van der Waals surface area contributed by atoms with E-state index in [1.807, 2.05) is 37.3 Å². The van der Waals surface area contributed by atoms with Crippen LogP contribution in [0.25, 0.3) is 0 Å². The maximum absolute atomic E-state index is 12.7. The summed E-state index contributed by atoms with van der Waals surface area (Å²) in [7, 11) is 3.18. The second-order valence-corrected chi connectivity index (χ2v) is 8.42. The van der Waals surface area contributed by atoms with Gasteiger partial charge in [0.05, 0.1) is 19.8 Å². The second kappa shape index (κ2) is 11.0. The number of aryl methyl sites for hydroxylation is 1. The molecule has 3 aromatic rings. The molecule has 0 spiro atoms. The molecule has 182 valence electrons. The highest BCUT2D eigenvalue weighted by Gasteiger charge is 2.24. The van der Waals surface area contributed by atoms with Crippen molar-refractivity contribution in [2.24, 2.45) is 0 Å². The Balaban J connectivity index is 1.32. The van der Waals surface area contributed by atoms with Gasteiger partial charge in [-0.05, 0) is 60.4 Å². The zero-order valence-electron chi connectivity index (χ0n) is 20.2. The molecule has 3 aromatic carbocycles. The minimum absolute atomic E-state index is 0.245. The number of esters is 1. The van der Waals surface area contributed by atoms with Crippen LogP contribution in [0.5, 0.6) is 17.2 Å². The summed E-state index contributed by atoms with van der Waals surface area (Å²) in [6.45, 7) is 3.06. The predicted octanol–water partition coefficient (Wildman–Crippen LogP) is 4.33. The van der Waals surface area contributed by atoms with Crippen molar-refractivity contribution in [1.82, 2.24) is 4.90 Å². The van der Waals surface area contributed by atoms with E-state index in [-0.39, 0.29) is 12.5 Å². The minimum atomic E-state index is -0.567. The molecule has 0 unspecified atom stereocenters. The molecule has 0 N–H and O–H groups in total. The average Bonchev–Trinajstić information content (AvgIpc) is 2.89. The van der Waals surface area contributed by atoms with E-state index in [9.17, 15) is 9.59 Å². The van der Waals surface area contributed by atoms with Crippen molar-refractivity contribution in [2.75, 3.05) is 27.4 Å². The van der Waals surface area contributed by atoms with Gasteiger partial charge in [-0.3, -0.25) is 4.79 Å². The molecule has 0 fully saturated rings. The lowest BCUT2D eigenvalue weighted by Gasteiger charge is -2.29. The Labute approximate surface area is 205 Å². The van der Waals surface area contributed by atoms with Crippen LogP contribution in [0.4, 0.5) is 0 Å². The zero-order chi connectivity index (χ0) is 24.8. The third-order valence-corrected chi connectivity index (χ3v) is 5.96. The number of hydrogen-bond acceptors (Lipinski definition) is 6. The van der Waals surface area contributed by atoms with Crippen LogP contribution < -0.4 is 14.2 Å². The molecular weight excluding hydrogens is 446 g/mol. The molecule has 0 bridgehead atoms. The predicted molar refractivity (Wildman–Crippen MR) is 131 cm³/mol. The molecule has 1 heterocycles. The Morgan fingerprint density at radius 3 is 2.40 bits per heavy atom. The Morgan fingerprint density at radius 1 is 0.914 bits per heavy atom. The SMILES string of the molecule is COc1cc2c(cc1OC)CN(C(=O)COC(=O)c1cccc(OCc3cccc(C)c3)c1)CC2. The van der Waals surface area contributed by atoms with Crippen molar-refractivity contribution < 1.29 is 28.5 Å². The van der Waals surface area contributed by atoms with Gasteiger partial charge in [-0.1, -0.05) is 35.9 Å². The largest absolute Gasteiger partial charge is 0.493 e. The maximum Gasteiger partial charge on any atom is 0.338 e. The molecule has 4 rings (SSSR count). The lowest BCUT2D eigenvalue weighted by molar-refractivity contribution is -0.135. The maximum atomic E-state index is 12.7. The molecule has 7 nitrogen and oxygen atoms in total. The van der Waals surface area contributed by atoms with Gasteiger partial charge in [0.15, 0.2) is 18.1 Å². The molecular formula is C28H29NO6. The Morgan fingerprint density at radius 2 is 1.66 bits per heavy atom. The van der Waals surface area contributed by atoms with Gasteiger partial charge in [0.2, 0.25) is 0 Å². The van der Waals surface area contributed by atoms with Crippen molar-refractivity contribution in [3.05, 3.63) is 88.5 Å². The molecule has 7 heteroatoms. The van der Waals surface area contributed by atoms with Crippen LogP contribution in [0.15, 0.2) is 60.7 Å². The van der Waals surface area contributed by atoms with Gasteiger partial charge in [0.25, 0.3) is 5.91 Å². The van der Waals surface area contributed by atoms with Gasteiger partial charge in [-0.15, -0.1) is 0 Å². The molecule has 0 radical (unpaired) electrons. The van der Waals surface area contributed by atoms with Crippen LogP contribution in [0, 0.1) is 6.92 Å². The van der Waals surface area contributed by atoms with Gasteiger partial charge in [0.1, 0.15) is 12.4 Å². The minimum Gasteiger partial charge on any atom is -0.493 e. The lowest BCUT2D eigenvalue weighted by atomic mass is 9.99. The normalized spacial score (nSPS) is 12.5. The van der Waals surface area contributed by atoms with Crippen LogP contribution in [0.2, 0.25) is 0 Å².